The van der Waals surface area contributed by atoms with Gasteiger partial charge in [0, 0.05) is 12.0 Å². The van der Waals surface area contributed by atoms with Crippen LogP contribution in [0, 0.1) is 0 Å². The van der Waals surface area contributed by atoms with Gasteiger partial charge in [-0.2, -0.15) is 0 Å². The van der Waals surface area contributed by atoms with E-state index in [4.69, 9.17) is 4.98 Å². The molecule has 0 fully saturated rings. The number of thiazole rings is 1. The van der Waals surface area contributed by atoms with Gasteiger partial charge in [0.05, 0.1) is 15.9 Å². The number of hydrogen-bond donors (Lipinski definition) is 1. The summed E-state index contributed by atoms with van der Waals surface area (Å²) in [5, 5.41) is 4.00. The number of amides is 1. The molecule has 4 rings (SSSR count). The van der Waals surface area contributed by atoms with E-state index in [0.717, 1.165) is 26.5 Å². The van der Waals surface area contributed by atoms with Crippen LogP contribution in [0.25, 0.3) is 20.8 Å². The van der Waals surface area contributed by atoms with E-state index in [-0.39, 0.29) is 11.8 Å². The summed E-state index contributed by atoms with van der Waals surface area (Å²) in [6.07, 6.45) is 0.443. The number of nitrogens with one attached hydrogen (secondary N) is 1. The molecular formula is C23H20N2OS. The Hall–Kier alpha value is -2.98. The van der Waals surface area contributed by atoms with Crippen LogP contribution in [0.1, 0.15) is 24.8 Å². The van der Waals surface area contributed by atoms with E-state index in [1.807, 2.05) is 60.7 Å². The molecule has 1 heterocycles. The molecule has 1 aromatic heterocycles. The molecule has 0 aliphatic rings. The Bertz CT molecular complexity index is 1040. The Balaban J connectivity index is 1.55. The van der Waals surface area contributed by atoms with Crippen molar-refractivity contribution in [3.63, 3.8) is 0 Å². The number of fused-ring (bicyclic) bond motifs is 1. The molecule has 27 heavy (non-hydrogen) atoms. The number of rotatable bonds is 5. The van der Waals surface area contributed by atoms with Crippen molar-refractivity contribution >= 4 is 33.1 Å². The Morgan fingerprint density at radius 1 is 0.963 bits per heavy atom. The molecule has 0 radical (unpaired) electrons. The van der Waals surface area contributed by atoms with E-state index in [1.54, 1.807) is 11.3 Å². The fourth-order valence-electron chi connectivity index (χ4n) is 3.14. The Labute approximate surface area is 162 Å². The van der Waals surface area contributed by atoms with Crippen molar-refractivity contribution in [3.05, 3.63) is 84.4 Å². The summed E-state index contributed by atoms with van der Waals surface area (Å²) in [5.41, 5.74) is 3.92. The lowest BCUT2D eigenvalue weighted by Gasteiger charge is -2.13. The second-order valence-corrected chi connectivity index (χ2v) is 7.63. The zero-order valence-electron chi connectivity index (χ0n) is 15.1. The van der Waals surface area contributed by atoms with Gasteiger partial charge in [0.2, 0.25) is 5.91 Å². The quantitative estimate of drug-likeness (QED) is 0.460. The molecule has 4 heteroatoms. The summed E-state index contributed by atoms with van der Waals surface area (Å²) in [6.45, 7) is 2.08. The van der Waals surface area contributed by atoms with E-state index >= 15 is 0 Å². The van der Waals surface area contributed by atoms with Crippen LogP contribution in [0.15, 0.2) is 78.9 Å². The van der Waals surface area contributed by atoms with Crippen molar-refractivity contribution in [2.45, 2.75) is 19.3 Å². The van der Waals surface area contributed by atoms with Crippen LogP contribution >= 0.6 is 11.3 Å². The first-order valence-electron chi connectivity index (χ1n) is 9.00. The van der Waals surface area contributed by atoms with Gasteiger partial charge < -0.3 is 5.32 Å². The van der Waals surface area contributed by atoms with Crippen LogP contribution in [0.5, 0.6) is 0 Å². The number of anilines is 1. The molecular weight excluding hydrogens is 352 g/mol. The van der Waals surface area contributed by atoms with Gasteiger partial charge in [-0.15, -0.1) is 11.3 Å². The van der Waals surface area contributed by atoms with Gasteiger partial charge in [0.1, 0.15) is 5.01 Å². The normalized spacial score (nSPS) is 12.0. The molecule has 3 aromatic carbocycles. The first kappa shape index (κ1) is 17.4. The zero-order valence-corrected chi connectivity index (χ0v) is 15.9. The first-order valence-corrected chi connectivity index (χ1v) is 9.82. The fourth-order valence-corrected chi connectivity index (χ4v) is 4.15. The second kappa shape index (κ2) is 7.72. The van der Waals surface area contributed by atoms with E-state index in [0.29, 0.717) is 6.42 Å². The minimum atomic E-state index is 0.0138. The molecule has 3 nitrogen and oxygen atoms in total. The highest BCUT2D eigenvalue weighted by atomic mass is 32.1. The molecule has 0 saturated heterocycles. The van der Waals surface area contributed by atoms with Crippen molar-refractivity contribution in [1.29, 1.82) is 0 Å². The van der Waals surface area contributed by atoms with Gasteiger partial charge >= 0.3 is 0 Å². The summed E-state index contributed by atoms with van der Waals surface area (Å²) < 4.78 is 1.14. The maximum Gasteiger partial charge on any atom is 0.224 e. The highest BCUT2D eigenvalue weighted by Crippen LogP contribution is 2.34. The minimum absolute atomic E-state index is 0.0138. The number of carbonyl (C=O) groups excluding carboxylic acids is 1. The standard InChI is InChI=1S/C23H20N2OS/c1-16(17-9-3-2-4-10-17)15-22(26)24-19-12-6-5-11-18(19)23-25-20-13-7-8-14-21(20)27-23/h2-14,16H,15H2,1H3,(H,24,26). The van der Waals surface area contributed by atoms with Gasteiger partial charge in [0.15, 0.2) is 0 Å². The minimum Gasteiger partial charge on any atom is -0.325 e. The van der Waals surface area contributed by atoms with Gasteiger partial charge in [-0.05, 0) is 35.7 Å². The highest BCUT2D eigenvalue weighted by Gasteiger charge is 2.15. The fraction of sp³-hybridized carbons (Fsp3) is 0.130. The third-order valence-electron chi connectivity index (χ3n) is 4.59. The molecule has 4 aromatic rings. The van der Waals surface area contributed by atoms with Gasteiger partial charge in [0.25, 0.3) is 0 Å². The molecule has 0 aliphatic heterocycles. The van der Waals surface area contributed by atoms with Crippen LogP contribution in [-0.2, 0) is 4.79 Å². The lowest BCUT2D eigenvalue weighted by Crippen LogP contribution is -2.15. The highest BCUT2D eigenvalue weighted by molar-refractivity contribution is 7.21. The Kier molecular flexibility index (Phi) is 4.99. The van der Waals surface area contributed by atoms with Crippen molar-refractivity contribution in [2.75, 3.05) is 5.32 Å². The predicted octanol–water partition coefficient (Wildman–Crippen LogP) is 6.10. The van der Waals surface area contributed by atoms with Crippen molar-refractivity contribution < 1.29 is 4.79 Å². The average molecular weight is 372 g/mol. The SMILES string of the molecule is CC(CC(=O)Nc1ccccc1-c1nc2ccccc2s1)c1ccccc1. The summed E-state index contributed by atoms with van der Waals surface area (Å²) >= 11 is 1.64. The van der Waals surface area contributed by atoms with Gasteiger partial charge in [-0.1, -0.05) is 61.5 Å². The van der Waals surface area contributed by atoms with E-state index in [2.05, 4.69) is 30.4 Å². The van der Waals surface area contributed by atoms with Crippen LogP contribution in [0.4, 0.5) is 5.69 Å². The zero-order chi connectivity index (χ0) is 18.6. The Morgan fingerprint density at radius 2 is 1.67 bits per heavy atom. The molecule has 0 bridgehead atoms. The number of hydrogen-bond acceptors (Lipinski definition) is 3. The van der Waals surface area contributed by atoms with E-state index in [9.17, 15) is 4.79 Å². The Morgan fingerprint density at radius 3 is 2.48 bits per heavy atom. The molecule has 0 saturated carbocycles. The van der Waals surface area contributed by atoms with Crippen LogP contribution in [0.3, 0.4) is 0 Å². The van der Waals surface area contributed by atoms with Gasteiger partial charge in [-0.3, -0.25) is 4.79 Å². The predicted molar refractivity (Wildman–Crippen MR) is 113 cm³/mol. The molecule has 1 amide bonds. The van der Waals surface area contributed by atoms with Crippen molar-refractivity contribution in [1.82, 2.24) is 4.98 Å². The maximum atomic E-state index is 12.6. The number of nitrogens with zero attached hydrogens (tertiary/aromatic N) is 1. The number of para-hydroxylation sites is 2. The average Bonchev–Trinajstić information content (AvgIpc) is 3.13. The molecule has 134 valence electrons. The largest absolute Gasteiger partial charge is 0.325 e. The molecule has 0 aliphatic carbocycles. The van der Waals surface area contributed by atoms with Crippen LogP contribution in [-0.4, -0.2) is 10.9 Å². The summed E-state index contributed by atoms with van der Waals surface area (Å²) in [5.74, 6) is 0.181. The lowest BCUT2D eigenvalue weighted by atomic mass is 9.97. The lowest BCUT2D eigenvalue weighted by molar-refractivity contribution is -0.116. The van der Waals surface area contributed by atoms with Crippen LogP contribution in [0.2, 0.25) is 0 Å². The summed E-state index contributed by atoms with van der Waals surface area (Å²) in [6, 6.07) is 26.1. The molecule has 1 N–H and O–H groups in total. The smallest absolute Gasteiger partial charge is 0.224 e. The third-order valence-corrected chi connectivity index (χ3v) is 5.66. The first-order chi connectivity index (χ1) is 13.2. The number of carbonyl (C=O) groups is 1. The van der Waals surface area contributed by atoms with E-state index < -0.39 is 0 Å². The summed E-state index contributed by atoms with van der Waals surface area (Å²) in [7, 11) is 0. The van der Waals surface area contributed by atoms with Crippen molar-refractivity contribution in [2.24, 2.45) is 0 Å². The molecule has 1 unspecified atom stereocenters. The second-order valence-electron chi connectivity index (χ2n) is 6.60. The maximum absolute atomic E-state index is 12.6. The van der Waals surface area contributed by atoms with Crippen LogP contribution < -0.4 is 5.32 Å². The molecule has 0 spiro atoms. The topological polar surface area (TPSA) is 42.0 Å². The monoisotopic (exact) mass is 372 g/mol. The van der Waals surface area contributed by atoms with Crippen molar-refractivity contribution in [3.8, 4) is 10.6 Å². The van der Waals surface area contributed by atoms with Gasteiger partial charge in [-0.25, -0.2) is 4.98 Å². The summed E-state index contributed by atoms with van der Waals surface area (Å²) in [4.78, 5) is 17.4. The molecule has 1 atom stereocenters. The van der Waals surface area contributed by atoms with E-state index in [1.165, 1.54) is 5.56 Å². The number of benzene rings is 3. The third kappa shape index (κ3) is 3.91. The number of aromatic nitrogens is 1.